The highest BCUT2D eigenvalue weighted by molar-refractivity contribution is 6.33. The molecule has 19 heavy (non-hydrogen) atoms. The first kappa shape index (κ1) is 11.7. The van der Waals surface area contributed by atoms with Crippen LogP contribution in [-0.2, 0) is 0 Å². The first-order chi connectivity index (χ1) is 9.33. The molecule has 0 saturated carbocycles. The zero-order valence-electron chi connectivity index (χ0n) is 9.88. The Kier molecular flexibility index (Phi) is 3.16. The zero-order chi connectivity index (χ0) is 13.1. The molecule has 0 spiro atoms. The second kappa shape index (κ2) is 5.12. The van der Waals surface area contributed by atoms with Gasteiger partial charge in [0, 0.05) is 5.69 Å². The van der Waals surface area contributed by atoms with E-state index in [4.69, 9.17) is 16.0 Å². The third kappa shape index (κ3) is 2.58. The van der Waals surface area contributed by atoms with Gasteiger partial charge in [-0.2, -0.15) is 0 Å². The summed E-state index contributed by atoms with van der Waals surface area (Å²) in [4.78, 5) is 0. The van der Waals surface area contributed by atoms with E-state index in [0.717, 1.165) is 11.3 Å². The molecule has 1 heterocycles. The lowest BCUT2D eigenvalue weighted by Crippen LogP contribution is -1.88. The van der Waals surface area contributed by atoms with E-state index in [2.05, 4.69) is 15.5 Å². The summed E-state index contributed by atoms with van der Waals surface area (Å²) in [6, 6.07) is 17.3. The predicted molar refractivity (Wildman–Crippen MR) is 74.5 cm³/mol. The minimum Gasteiger partial charge on any atom is -0.403 e. The molecule has 0 radical (unpaired) electrons. The average molecular weight is 272 g/mol. The number of nitrogens with one attached hydrogen (secondary N) is 1. The fourth-order valence-electron chi connectivity index (χ4n) is 1.66. The van der Waals surface area contributed by atoms with Gasteiger partial charge in [0.25, 0.3) is 5.89 Å². The first-order valence-corrected chi connectivity index (χ1v) is 6.11. The van der Waals surface area contributed by atoms with E-state index in [1.807, 2.05) is 48.5 Å². The highest BCUT2D eigenvalue weighted by Gasteiger charge is 2.11. The van der Waals surface area contributed by atoms with Gasteiger partial charge in [0.1, 0.15) is 0 Å². The number of halogens is 1. The van der Waals surface area contributed by atoms with Crippen molar-refractivity contribution in [2.75, 3.05) is 5.32 Å². The SMILES string of the molecule is Clc1ccccc1-c1nnc(Nc2ccccc2)o1. The van der Waals surface area contributed by atoms with Crippen molar-refractivity contribution >= 4 is 23.3 Å². The van der Waals surface area contributed by atoms with Crippen molar-refractivity contribution in [1.82, 2.24) is 10.2 Å². The molecule has 0 saturated heterocycles. The number of nitrogens with zero attached hydrogens (tertiary/aromatic N) is 2. The van der Waals surface area contributed by atoms with Gasteiger partial charge < -0.3 is 9.73 Å². The van der Waals surface area contributed by atoms with Crippen LogP contribution >= 0.6 is 11.6 Å². The molecule has 1 N–H and O–H groups in total. The second-order valence-corrected chi connectivity index (χ2v) is 4.29. The van der Waals surface area contributed by atoms with Crippen LogP contribution in [0.15, 0.2) is 59.0 Å². The van der Waals surface area contributed by atoms with Crippen LogP contribution in [0.3, 0.4) is 0 Å². The maximum absolute atomic E-state index is 6.08. The van der Waals surface area contributed by atoms with E-state index in [0.29, 0.717) is 16.9 Å². The second-order valence-electron chi connectivity index (χ2n) is 3.88. The normalized spacial score (nSPS) is 10.4. The molecule has 0 unspecified atom stereocenters. The van der Waals surface area contributed by atoms with Gasteiger partial charge in [0.2, 0.25) is 0 Å². The Bertz CT molecular complexity index is 682. The van der Waals surface area contributed by atoms with Gasteiger partial charge in [0.05, 0.1) is 10.6 Å². The summed E-state index contributed by atoms with van der Waals surface area (Å²) in [6.45, 7) is 0. The van der Waals surface area contributed by atoms with E-state index >= 15 is 0 Å². The van der Waals surface area contributed by atoms with Gasteiger partial charge in [-0.05, 0) is 24.3 Å². The number of anilines is 2. The minimum absolute atomic E-state index is 0.334. The average Bonchev–Trinajstić information content (AvgIpc) is 2.89. The number of aromatic nitrogens is 2. The van der Waals surface area contributed by atoms with Crippen molar-refractivity contribution in [2.45, 2.75) is 0 Å². The Balaban J connectivity index is 1.86. The van der Waals surface area contributed by atoms with E-state index < -0.39 is 0 Å². The zero-order valence-corrected chi connectivity index (χ0v) is 10.6. The van der Waals surface area contributed by atoms with E-state index in [1.165, 1.54) is 0 Å². The van der Waals surface area contributed by atoms with Crippen molar-refractivity contribution in [3.63, 3.8) is 0 Å². The lowest BCUT2D eigenvalue weighted by molar-refractivity contribution is 0.587. The number of para-hydroxylation sites is 1. The largest absolute Gasteiger partial charge is 0.403 e. The number of hydrogen-bond acceptors (Lipinski definition) is 4. The third-order valence-electron chi connectivity index (χ3n) is 2.55. The van der Waals surface area contributed by atoms with Crippen molar-refractivity contribution in [2.24, 2.45) is 0 Å². The number of hydrogen-bond donors (Lipinski definition) is 1. The molecule has 1 aromatic heterocycles. The summed E-state index contributed by atoms with van der Waals surface area (Å²) in [7, 11) is 0. The molecule has 0 amide bonds. The van der Waals surface area contributed by atoms with Crippen molar-refractivity contribution < 1.29 is 4.42 Å². The quantitative estimate of drug-likeness (QED) is 0.778. The van der Waals surface area contributed by atoms with Crippen molar-refractivity contribution in [3.05, 3.63) is 59.6 Å². The Hall–Kier alpha value is -2.33. The molecular weight excluding hydrogens is 262 g/mol. The van der Waals surface area contributed by atoms with Gasteiger partial charge in [-0.1, -0.05) is 47.0 Å². The lowest BCUT2D eigenvalue weighted by Gasteiger charge is -1.99. The van der Waals surface area contributed by atoms with Crippen LogP contribution < -0.4 is 5.32 Å². The molecule has 94 valence electrons. The van der Waals surface area contributed by atoms with Crippen LogP contribution in [0.25, 0.3) is 11.5 Å². The van der Waals surface area contributed by atoms with Crippen LogP contribution in [-0.4, -0.2) is 10.2 Å². The maximum Gasteiger partial charge on any atom is 0.320 e. The van der Waals surface area contributed by atoms with Gasteiger partial charge in [-0.3, -0.25) is 0 Å². The molecule has 0 aliphatic heterocycles. The lowest BCUT2D eigenvalue weighted by atomic mass is 10.2. The van der Waals surface area contributed by atoms with Crippen LogP contribution in [0.1, 0.15) is 0 Å². The van der Waals surface area contributed by atoms with E-state index in [-0.39, 0.29) is 0 Å². The molecule has 0 bridgehead atoms. The molecule has 0 aliphatic carbocycles. The Labute approximate surface area is 115 Å². The predicted octanol–water partition coefficient (Wildman–Crippen LogP) is 4.13. The van der Waals surface area contributed by atoms with Gasteiger partial charge in [-0.25, -0.2) is 0 Å². The molecule has 4 nitrogen and oxygen atoms in total. The smallest absolute Gasteiger partial charge is 0.320 e. The van der Waals surface area contributed by atoms with Gasteiger partial charge >= 0.3 is 6.01 Å². The standard InChI is InChI=1S/C14H10ClN3O/c15-12-9-5-4-8-11(12)13-17-18-14(19-13)16-10-6-2-1-3-7-10/h1-9H,(H,16,18). The molecule has 5 heteroatoms. The minimum atomic E-state index is 0.334. The molecule has 0 aliphatic rings. The van der Waals surface area contributed by atoms with E-state index in [9.17, 15) is 0 Å². The van der Waals surface area contributed by atoms with Crippen LogP contribution in [0.2, 0.25) is 5.02 Å². The highest BCUT2D eigenvalue weighted by atomic mass is 35.5. The summed E-state index contributed by atoms with van der Waals surface area (Å²) in [5, 5.41) is 11.5. The molecule has 0 fully saturated rings. The Morgan fingerprint density at radius 1 is 0.895 bits per heavy atom. The summed E-state index contributed by atoms with van der Waals surface area (Å²) in [5.41, 5.74) is 1.61. The maximum atomic E-state index is 6.08. The van der Waals surface area contributed by atoms with Gasteiger partial charge in [-0.15, -0.1) is 5.10 Å². The van der Waals surface area contributed by atoms with Crippen molar-refractivity contribution in [3.8, 4) is 11.5 Å². The monoisotopic (exact) mass is 271 g/mol. The Morgan fingerprint density at radius 3 is 2.42 bits per heavy atom. The summed E-state index contributed by atoms with van der Waals surface area (Å²) in [6.07, 6.45) is 0. The van der Waals surface area contributed by atoms with Crippen LogP contribution in [0.4, 0.5) is 11.7 Å². The Morgan fingerprint density at radius 2 is 1.63 bits per heavy atom. The molecule has 2 aromatic carbocycles. The number of benzene rings is 2. The van der Waals surface area contributed by atoms with Gasteiger partial charge in [0.15, 0.2) is 0 Å². The summed E-state index contributed by atoms with van der Waals surface area (Å²) < 4.78 is 5.54. The van der Waals surface area contributed by atoms with Crippen LogP contribution in [0.5, 0.6) is 0 Å². The molecule has 0 atom stereocenters. The topological polar surface area (TPSA) is 51.0 Å². The van der Waals surface area contributed by atoms with E-state index in [1.54, 1.807) is 6.07 Å². The molecular formula is C14H10ClN3O. The van der Waals surface area contributed by atoms with Crippen molar-refractivity contribution in [1.29, 1.82) is 0 Å². The highest BCUT2D eigenvalue weighted by Crippen LogP contribution is 2.27. The summed E-state index contributed by atoms with van der Waals surface area (Å²) in [5.74, 6) is 0.393. The van der Waals surface area contributed by atoms with Crippen LogP contribution in [0, 0.1) is 0 Å². The fraction of sp³-hybridized carbons (Fsp3) is 0. The first-order valence-electron chi connectivity index (χ1n) is 5.73. The third-order valence-corrected chi connectivity index (χ3v) is 2.88. The summed E-state index contributed by atoms with van der Waals surface area (Å²) >= 11 is 6.08. The molecule has 3 rings (SSSR count). The fourth-order valence-corrected chi connectivity index (χ4v) is 1.88. The number of rotatable bonds is 3. The molecule has 3 aromatic rings.